The average molecular weight is 433 g/mol. The van der Waals surface area contributed by atoms with E-state index in [0.29, 0.717) is 10.7 Å². The molecule has 2 aromatic carbocycles. The van der Waals surface area contributed by atoms with Crippen molar-refractivity contribution in [2.75, 3.05) is 22.1 Å². The van der Waals surface area contributed by atoms with Gasteiger partial charge in [-0.15, -0.1) is 11.8 Å². The van der Waals surface area contributed by atoms with Crippen LogP contribution in [0.25, 0.3) is 0 Å². The Morgan fingerprint density at radius 1 is 1.19 bits per heavy atom. The normalized spacial score (nSPS) is 12.5. The topological polar surface area (TPSA) is 66.5 Å². The maximum absolute atomic E-state index is 12.7. The summed E-state index contributed by atoms with van der Waals surface area (Å²) in [5.74, 6) is -0.482. The van der Waals surface area contributed by atoms with Gasteiger partial charge in [-0.2, -0.15) is 0 Å². The maximum Gasteiger partial charge on any atom is 0.247 e. The molecular weight excluding hydrogens is 415 g/mol. The Hall–Kier alpha value is -1.41. The molecule has 0 aliphatic carbocycles. The summed E-state index contributed by atoms with van der Waals surface area (Å²) in [5, 5.41) is 3.24. The Kier molecular flexibility index (Phi) is 6.85. The number of anilines is 2. The summed E-state index contributed by atoms with van der Waals surface area (Å²) >= 11 is 13.7. The van der Waals surface area contributed by atoms with Gasteiger partial charge in [0.2, 0.25) is 15.9 Å². The molecule has 140 valence electrons. The molecule has 0 aromatic heterocycles. The zero-order valence-corrected chi connectivity index (χ0v) is 17.5. The molecule has 2 rings (SSSR count). The van der Waals surface area contributed by atoms with Crippen molar-refractivity contribution in [3.05, 3.63) is 52.5 Å². The largest absolute Gasteiger partial charge is 0.324 e. The second-order valence-corrected chi connectivity index (χ2v) is 9.13. The number of hydrogen-bond donors (Lipinski definition) is 1. The van der Waals surface area contributed by atoms with E-state index < -0.39 is 22.0 Å². The lowest BCUT2D eigenvalue weighted by molar-refractivity contribution is -0.116. The van der Waals surface area contributed by atoms with E-state index in [9.17, 15) is 13.2 Å². The van der Waals surface area contributed by atoms with E-state index in [1.165, 1.54) is 30.8 Å². The van der Waals surface area contributed by atoms with Gasteiger partial charge in [0.25, 0.3) is 0 Å². The summed E-state index contributed by atoms with van der Waals surface area (Å²) in [4.78, 5) is 13.6. The van der Waals surface area contributed by atoms with Gasteiger partial charge in [0.1, 0.15) is 6.04 Å². The smallest absolute Gasteiger partial charge is 0.247 e. The Balaban J connectivity index is 2.36. The number of benzene rings is 2. The molecule has 1 amide bonds. The van der Waals surface area contributed by atoms with E-state index in [0.717, 1.165) is 15.5 Å². The molecule has 0 fully saturated rings. The number of amides is 1. The lowest BCUT2D eigenvalue weighted by Crippen LogP contribution is -2.45. The van der Waals surface area contributed by atoms with Gasteiger partial charge >= 0.3 is 0 Å². The summed E-state index contributed by atoms with van der Waals surface area (Å²) in [6, 6.07) is 10.7. The van der Waals surface area contributed by atoms with Crippen molar-refractivity contribution < 1.29 is 13.2 Å². The van der Waals surface area contributed by atoms with E-state index in [-0.39, 0.29) is 10.7 Å². The minimum Gasteiger partial charge on any atom is -0.324 e. The monoisotopic (exact) mass is 432 g/mol. The molecule has 1 unspecified atom stereocenters. The highest BCUT2D eigenvalue weighted by Crippen LogP contribution is 2.32. The molecule has 0 spiro atoms. The number of carbonyl (C=O) groups is 1. The molecule has 0 radical (unpaired) electrons. The van der Waals surface area contributed by atoms with Gasteiger partial charge < -0.3 is 5.32 Å². The van der Waals surface area contributed by atoms with Crippen LogP contribution < -0.4 is 9.62 Å². The molecule has 0 heterocycles. The van der Waals surface area contributed by atoms with Crippen LogP contribution in [-0.2, 0) is 14.8 Å². The molecule has 9 heteroatoms. The Morgan fingerprint density at radius 3 is 2.50 bits per heavy atom. The minimum atomic E-state index is -3.78. The molecule has 0 saturated heterocycles. The van der Waals surface area contributed by atoms with Crippen LogP contribution in [0, 0.1) is 0 Å². The highest BCUT2D eigenvalue weighted by molar-refractivity contribution is 7.98. The van der Waals surface area contributed by atoms with Gasteiger partial charge in [-0.3, -0.25) is 9.10 Å². The number of nitrogens with one attached hydrogen (secondary N) is 1. The van der Waals surface area contributed by atoms with Crippen LogP contribution in [0.1, 0.15) is 6.92 Å². The predicted molar refractivity (Wildman–Crippen MR) is 110 cm³/mol. The van der Waals surface area contributed by atoms with Crippen LogP contribution in [0.2, 0.25) is 10.0 Å². The third-order valence-electron chi connectivity index (χ3n) is 3.57. The van der Waals surface area contributed by atoms with Gasteiger partial charge in [0.05, 0.1) is 17.0 Å². The zero-order chi connectivity index (χ0) is 19.5. The first-order chi connectivity index (χ1) is 12.1. The fourth-order valence-corrected chi connectivity index (χ4v) is 4.45. The first-order valence-corrected chi connectivity index (χ1v) is 11.4. The van der Waals surface area contributed by atoms with Gasteiger partial charge in [-0.1, -0.05) is 29.3 Å². The van der Waals surface area contributed by atoms with Gasteiger partial charge in [-0.05, 0) is 49.6 Å². The van der Waals surface area contributed by atoms with E-state index in [4.69, 9.17) is 23.2 Å². The van der Waals surface area contributed by atoms with Crippen molar-refractivity contribution in [1.82, 2.24) is 0 Å². The Morgan fingerprint density at radius 2 is 1.88 bits per heavy atom. The van der Waals surface area contributed by atoms with Crippen molar-refractivity contribution in [2.24, 2.45) is 0 Å². The number of rotatable bonds is 6. The summed E-state index contributed by atoms with van der Waals surface area (Å²) in [6.07, 6.45) is 2.94. The molecule has 26 heavy (non-hydrogen) atoms. The lowest BCUT2D eigenvalue weighted by Gasteiger charge is -2.29. The molecule has 0 aliphatic heterocycles. The van der Waals surface area contributed by atoms with Crippen molar-refractivity contribution in [2.45, 2.75) is 17.9 Å². The van der Waals surface area contributed by atoms with Crippen molar-refractivity contribution in [1.29, 1.82) is 0 Å². The summed E-state index contributed by atoms with van der Waals surface area (Å²) < 4.78 is 25.6. The van der Waals surface area contributed by atoms with Crippen LogP contribution in [0.5, 0.6) is 0 Å². The van der Waals surface area contributed by atoms with E-state index in [1.54, 1.807) is 12.1 Å². The van der Waals surface area contributed by atoms with Crippen LogP contribution in [-0.4, -0.2) is 32.9 Å². The molecule has 1 atom stereocenters. The lowest BCUT2D eigenvalue weighted by atomic mass is 10.2. The molecule has 0 saturated carbocycles. The van der Waals surface area contributed by atoms with Gasteiger partial charge in [0, 0.05) is 15.6 Å². The Bertz CT molecular complexity index is 920. The Labute approximate surface area is 167 Å². The number of halogens is 2. The average Bonchev–Trinajstić information content (AvgIpc) is 2.57. The maximum atomic E-state index is 12.7. The highest BCUT2D eigenvalue weighted by Gasteiger charge is 2.30. The summed E-state index contributed by atoms with van der Waals surface area (Å²) in [5.41, 5.74) is 0.738. The fourth-order valence-electron chi connectivity index (χ4n) is 2.38. The first kappa shape index (κ1) is 20.9. The van der Waals surface area contributed by atoms with Crippen molar-refractivity contribution >= 4 is 62.3 Å². The third kappa shape index (κ3) is 5.07. The standard InChI is InChI=1S/C17H18Cl2N2O3S2/c1-11(17(22)20-13-5-4-6-14(10-13)25-2)21(26(3,23)24)16-9-12(18)7-8-15(16)19/h4-11H,1-3H3,(H,20,22). The second kappa shape index (κ2) is 8.52. The first-order valence-electron chi connectivity index (χ1n) is 7.53. The summed E-state index contributed by atoms with van der Waals surface area (Å²) in [6.45, 7) is 1.49. The van der Waals surface area contributed by atoms with E-state index in [1.807, 2.05) is 24.5 Å². The molecule has 1 N–H and O–H groups in total. The number of carbonyl (C=O) groups excluding carboxylic acids is 1. The van der Waals surface area contributed by atoms with Crippen LogP contribution in [0.15, 0.2) is 47.4 Å². The van der Waals surface area contributed by atoms with Crippen LogP contribution in [0.3, 0.4) is 0 Å². The molecular formula is C17H18Cl2N2O3S2. The van der Waals surface area contributed by atoms with Crippen LogP contribution in [0.4, 0.5) is 11.4 Å². The highest BCUT2D eigenvalue weighted by atomic mass is 35.5. The van der Waals surface area contributed by atoms with Gasteiger partial charge in [0.15, 0.2) is 0 Å². The SMILES string of the molecule is CSc1cccc(NC(=O)C(C)N(c2cc(Cl)ccc2Cl)S(C)(=O)=O)c1. The number of thioether (sulfide) groups is 1. The molecule has 5 nitrogen and oxygen atoms in total. The molecule has 2 aromatic rings. The van der Waals surface area contributed by atoms with Crippen LogP contribution >= 0.6 is 35.0 Å². The minimum absolute atomic E-state index is 0.155. The zero-order valence-electron chi connectivity index (χ0n) is 14.4. The predicted octanol–water partition coefficient (Wildman–Crippen LogP) is 4.51. The van der Waals surface area contributed by atoms with Crippen molar-refractivity contribution in [3.8, 4) is 0 Å². The number of sulfonamides is 1. The van der Waals surface area contributed by atoms with E-state index >= 15 is 0 Å². The van der Waals surface area contributed by atoms with Gasteiger partial charge in [-0.25, -0.2) is 8.42 Å². The number of hydrogen-bond acceptors (Lipinski definition) is 4. The molecule has 0 aliphatic rings. The quantitative estimate of drug-likeness (QED) is 0.681. The van der Waals surface area contributed by atoms with E-state index in [2.05, 4.69) is 5.32 Å². The second-order valence-electron chi connectivity index (χ2n) is 5.55. The van der Waals surface area contributed by atoms with Crippen molar-refractivity contribution in [3.63, 3.8) is 0 Å². The molecule has 0 bridgehead atoms. The number of nitrogens with zero attached hydrogens (tertiary/aromatic N) is 1. The summed E-state index contributed by atoms with van der Waals surface area (Å²) in [7, 11) is -3.78. The fraction of sp³-hybridized carbons (Fsp3) is 0.235. The third-order valence-corrected chi connectivity index (χ3v) is 6.08.